The molecule has 0 saturated carbocycles. The number of carbonyl (C=O) groups excluding carboxylic acids is 1. The number of ether oxygens (including phenoxy) is 3. The molecule has 0 fully saturated rings. The summed E-state index contributed by atoms with van der Waals surface area (Å²) in [4.78, 5) is 20.6. The van der Waals surface area contributed by atoms with Crippen LogP contribution in [0.25, 0.3) is 11.0 Å². The van der Waals surface area contributed by atoms with Crippen molar-refractivity contribution in [3.63, 3.8) is 0 Å². The van der Waals surface area contributed by atoms with Crippen molar-refractivity contribution in [3.8, 4) is 11.5 Å². The number of carbonyl (C=O) groups is 1. The smallest absolute Gasteiger partial charge is 0.408 e. The summed E-state index contributed by atoms with van der Waals surface area (Å²) in [6.07, 6.45) is 3.83. The monoisotopic (exact) mass is 676 g/mol. The molecule has 4 rings (SSSR count). The molecule has 1 heterocycles. The Labute approximate surface area is 291 Å². The molecular weight excluding hydrogens is 624 g/mol. The van der Waals surface area contributed by atoms with Gasteiger partial charge in [-0.1, -0.05) is 63.1 Å². The molecule has 1 atom stereocenters. The van der Waals surface area contributed by atoms with Gasteiger partial charge in [-0.15, -0.1) is 0 Å². The Kier molecular flexibility index (Phi) is 14.0. The van der Waals surface area contributed by atoms with E-state index in [4.69, 9.17) is 30.8 Å². The maximum atomic E-state index is 13.2. The lowest BCUT2D eigenvalue weighted by atomic mass is 10.0. The van der Waals surface area contributed by atoms with Crippen molar-refractivity contribution in [3.05, 3.63) is 88.7 Å². The van der Waals surface area contributed by atoms with Crippen molar-refractivity contribution in [2.75, 3.05) is 32.8 Å². The predicted octanol–water partition coefficient (Wildman–Crippen LogP) is 9.03. The average molecular weight is 677 g/mol. The van der Waals surface area contributed by atoms with Crippen LogP contribution in [0.3, 0.4) is 0 Å². The zero-order chi connectivity index (χ0) is 34.5. The Morgan fingerprint density at radius 2 is 1.56 bits per heavy atom. The summed E-state index contributed by atoms with van der Waals surface area (Å²) >= 11 is 6.01. The van der Waals surface area contributed by atoms with Crippen molar-refractivity contribution >= 4 is 28.7 Å². The summed E-state index contributed by atoms with van der Waals surface area (Å²) in [6, 6.07) is 21.5. The summed E-state index contributed by atoms with van der Waals surface area (Å²) < 4.78 is 20.1. The Morgan fingerprint density at radius 3 is 2.23 bits per heavy atom. The van der Waals surface area contributed by atoms with Crippen molar-refractivity contribution in [1.82, 2.24) is 19.8 Å². The van der Waals surface area contributed by atoms with E-state index < -0.39 is 17.7 Å². The average Bonchev–Trinajstić information content (AvgIpc) is 3.42. The first-order valence-corrected chi connectivity index (χ1v) is 17.8. The van der Waals surface area contributed by atoms with Gasteiger partial charge in [-0.3, -0.25) is 0 Å². The minimum atomic E-state index is -0.625. The van der Waals surface area contributed by atoms with Gasteiger partial charge in [-0.2, -0.15) is 0 Å². The number of rotatable bonds is 18. The van der Waals surface area contributed by atoms with Crippen LogP contribution in [0.1, 0.15) is 83.8 Å². The second-order valence-corrected chi connectivity index (χ2v) is 13.6. The molecule has 48 heavy (non-hydrogen) atoms. The quantitative estimate of drug-likeness (QED) is 0.106. The topological polar surface area (TPSA) is 77.8 Å². The third-order valence-electron chi connectivity index (χ3n) is 8.20. The van der Waals surface area contributed by atoms with E-state index in [0.29, 0.717) is 19.6 Å². The third kappa shape index (κ3) is 11.4. The molecular formula is C39H53ClN4O4. The number of fused-ring (bicyclic) bond motifs is 1. The van der Waals surface area contributed by atoms with Crippen molar-refractivity contribution < 1.29 is 19.0 Å². The lowest BCUT2D eigenvalue weighted by molar-refractivity contribution is 0.0500. The van der Waals surface area contributed by atoms with Crippen LogP contribution in [0.15, 0.2) is 66.7 Å². The lowest BCUT2D eigenvalue weighted by Crippen LogP contribution is -2.37. The molecule has 0 aliphatic rings. The van der Waals surface area contributed by atoms with E-state index in [1.54, 1.807) is 0 Å². The summed E-state index contributed by atoms with van der Waals surface area (Å²) in [6.45, 7) is 17.3. The number of imidazole rings is 1. The highest BCUT2D eigenvalue weighted by Gasteiger charge is 2.26. The molecule has 1 N–H and O–H groups in total. The predicted molar refractivity (Wildman–Crippen MR) is 195 cm³/mol. The summed E-state index contributed by atoms with van der Waals surface area (Å²) in [5, 5.41) is 3.87. The standard InChI is InChI=1S/C39H53ClN4O4/c1-7-10-24-44-36-28-33(46-25-11-23-43(8-2)9-3)20-21-34(36)41-37(44)35(42-38(45)48-39(4,5)6)27-30-14-18-32(19-15-30)47-26-22-29-12-16-31(40)17-13-29/h12-21,28,35H,7-11,22-27H2,1-6H3,(H,42,45)/t35-/m1/s1. The van der Waals surface area contributed by atoms with E-state index in [0.717, 1.165) is 90.8 Å². The largest absolute Gasteiger partial charge is 0.493 e. The van der Waals surface area contributed by atoms with Gasteiger partial charge >= 0.3 is 6.09 Å². The van der Waals surface area contributed by atoms with E-state index in [1.807, 2.05) is 81.4 Å². The second kappa shape index (κ2) is 18.1. The van der Waals surface area contributed by atoms with E-state index in [2.05, 4.69) is 41.6 Å². The van der Waals surface area contributed by atoms with Crippen LogP contribution >= 0.6 is 11.6 Å². The minimum Gasteiger partial charge on any atom is -0.493 e. The van der Waals surface area contributed by atoms with Gasteiger partial charge in [-0.05, 0) is 94.2 Å². The van der Waals surface area contributed by atoms with Crippen LogP contribution in [0.2, 0.25) is 5.02 Å². The second-order valence-electron chi connectivity index (χ2n) is 13.1. The third-order valence-corrected chi connectivity index (χ3v) is 8.46. The van der Waals surface area contributed by atoms with E-state index in [1.165, 1.54) is 5.56 Å². The van der Waals surface area contributed by atoms with Gasteiger partial charge in [0, 0.05) is 37.0 Å². The number of nitrogens with zero attached hydrogens (tertiary/aromatic N) is 3. The zero-order valence-electron chi connectivity index (χ0n) is 29.6. The van der Waals surface area contributed by atoms with E-state index in [9.17, 15) is 4.79 Å². The maximum absolute atomic E-state index is 13.2. The fourth-order valence-electron chi connectivity index (χ4n) is 5.60. The molecule has 3 aromatic carbocycles. The molecule has 0 aliphatic heterocycles. The molecule has 0 saturated heterocycles. The molecule has 8 nitrogen and oxygen atoms in total. The molecule has 0 spiro atoms. The van der Waals surface area contributed by atoms with Gasteiger partial charge in [0.25, 0.3) is 0 Å². The van der Waals surface area contributed by atoms with Crippen LogP contribution in [0.4, 0.5) is 4.79 Å². The van der Waals surface area contributed by atoms with Gasteiger partial charge in [0.15, 0.2) is 0 Å². The van der Waals surface area contributed by atoms with Gasteiger partial charge in [0.05, 0.1) is 30.3 Å². The molecule has 0 bridgehead atoms. The number of aryl methyl sites for hydroxylation is 1. The molecule has 0 radical (unpaired) electrons. The van der Waals surface area contributed by atoms with Crippen LogP contribution in [0.5, 0.6) is 11.5 Å². The zero-order valence-corrected chi connectivity index (χ0v) is 30.3. The Morgan fingerprint density at radius 1 is 0.896 bits per heavy atom. The first-order chi connectivity index (χ1) is 23.1. The molecule has 1 aromatic heterocycles. The first kappa shape index (κ1) is 37.1. The number of halogens is 1. The Balaban J connectivity index is 1.54. The maximum Gasteiger partial charge on any atom is 0.408 e. The number of unbranched alkanes of at least 4 members (excludes halogenated alkanes) is 1. The van der Waals surface area contributed by atoms with Crippen molar-refractivity contribution in [1.29, 1.82) is 0 Å². The minimum absolute atomic E-state index is 0.417. The highest BCUT2D eigenvalue weighted by Crippen LogP contribution is 2.28. The van der Waals surface area contributed by atoms with Crippen molar-refractivity contribution in [2.45, 2.75) is 91.8 Å². The number of aromatic nitrogens is 2. The van der Waals surface area contributed by atoms with E-state index in [-0.39, 0.29) is 0 Å². The fraction of sp³-hybridized carbons (Fsp3) is 0.487. The number of alkyl carbamates (subject to hydrolysis) is 1. The van der Waals surface area contributed by atoms with Gasteiger partial charge in [0.2, 0.25) is 0 Å². The SMILES string of the molecule is CCCCn1c([C@@H](Cc2ccc(OCCc3ccc(Cl)cc3)cc2)NC(=O)OC(C)(C)C)nc2ccc(OCCCN(CC)CC)cc21. The summed E-state index contributed by atoms with van der Waals surface area (Å²) in [5.74, 6) is 2.42. The van der Waals surface area contributed by atoms with Crippen molar-refractivity contribution in [2.24, 2.45) is 0 Å². The summed E-state index contributed by atoms with van der Waals surface area (Å²) in [7, 11) is 0. The molecule has 0 unspecified atom stereocenters. The number of amides is 1. The molecule has 1 amide bonds. The highest BCUT2D eigenvalue weighted by atomic mass is 35.5. The molecule has 260 valence electrons. The lowest BCUT2D eigenvalue weighted by Gasteiger charge is -2.24. The Hall–Kier alpha value is -3.75. The number of nitrogens with one attached hydrogen (secondary N) is 1. The van der Waals surface area contributed by atoms with Gasteiger partial charge in [-0.25, -0.2) is 9.78 Å². The number of benzene rings is 3. The van der Waals surface area contributed by atoms with Crippen LogP contribution in [-0.4, -0.2) is 59.0 Å². The molecule has 9 heteroatoms. The van der Waals surface area contributed by atoms with Crippen LogP contribution in [0, 0.1) is 0 Å². The van der Waals surface area contributed by atoms with Crippen LogP contribution in [-0.2, 0) is 24.1 Å². The first-order valence-electron chi connectivity index (χ1n) is 17.4. The number of hydrogen-bond acceptors (Lipinski definition) is 6. The van der Waals surface area contributed by atoms with Crippen LogP contribution < -0.4 is 14.8 Å². The van der Waals surface area contributed by atoms with E-state index >= 15 is 0 Å². The highest BCUT2D eigenvalue weighted by molar-refractivity contribution is 6.30. The number of hydrogen-bond donors (Lipinski definition) is 1. The van der Waals surface area contributed by atoms with Gasteiger partial charge in [0.1, 0.15) is 22.9 Å². The normalized spacial score (nSPS) is 12.3. The van der Waals surface area contributed by atoms with Gasteiger partial charge < -0.3 is 29.0 Å². The fourth-order valence-corrected chi connectivity index (χ4v) is 5.72. The summed E-state index contributed by atoms with van der Waals surface area (Å²) in [5.41, 5.74) is 3.47. The Bertz CT molecular complexity index is 1560. The molecule has 4 aromatic rings. The molecule has 0 aliphatic carbocycles.